The van der Waals surface area contributed by atoms with Crippen molar-refractivity contribution in [2.24, 2.45) is 5.92 Å². The number of nitrogens with zero attached hydrogens (tertiary/aromatic N) is 4. The average molecular weight is 391 g/mol. The minimum Gasteiger partial charge on any atom is -0.372 e. The lowest BCUT2D eigenvalue weighted by atomic mass is 9.94. The number of thiazole rings is 1. The summed E-state index contributed by atoms with van der Waals surface area (Å²) >= 11 is 1.47. The number of morpholine rings is 1. The molecule has 0 N–H and O–H groups in total. The highest BCUT2D eigenvalue weighted by Crippen LogP contribution is 2.23. The summed E-state index contributed by atoms with van der Waals surface area (Å²) in [5, 5.41) is 1.87. The van der Waals surface area contributed by atoms with Gasteiger partial charge in [0.2, 0.25) is 5.91 Å². The maximum atomic E-state index is 12.9. The van der Waals surface area contributed by atoms with Gasteiger partial charge in [0.05, 0.1) is 17.9 Å². The Balaban J connectivity index is 1.34. The Kier molecular flexibility index (Phi) is 5.29. The first-order valence-corrected chi connectivity index (χ1v) is 10.5. The van der Waals surface area contributed by atoms with E-state index >= 15 is 0 Å². The SMILES string of the molecule is CC1CN(C(=O)C2CCN(Cc3cc(=O)n4ccsc4n3)CC2)CC(C)O1. The minimum absolute atomic E-state index is 0.0307. The second kappa shape index (κ2) is 7.69. The molecule has 0 spiro atoms. The number of ether oxygens (including phenoxy) is 1. The summed E-state index contributed by atoms with van der Waals surface area (Å²) in [6, 6.07) is 1.62. The van der Waals surface area contributed by atoms with E-state index in [1.807, 2.05) is 24.1 Å². The number of likely N-dealkylation sites (tertiary alicyclic amines) is 1. The molecule has 2 aliphatic heterocycles. The third-order valence-corrected chi connectivity index (χ3v) is 6.17. The molecule has 2 aromatic heterocycles. The van der Waals surface area contributed by atoms with Crippen LogP contribution in [0.15, 0.2) is 22.4 Å². The maximum Gasteiger partial charge on any atom is 0.258 e. The number of hydrogen-bond donors (Lipinski definition) is 0. The third-order valence-electron chi connectivity index (χ3n) is 5.41. The molecule has 0 saturated carbocycles. The number of amides is 1. The average Bonchev–Trinajstić information content (AvgIpc) is 3.10. The van der Waals surface area contributed by atoms with E-state index in [0.717, 1.165) is 36.6 Å². The summed E-state index contributed by atoms with van der Waals surface area (Å²) in [7, 11) is 0. The molecule has 2 saturated heterocycles. The van der Waals surface area contributed by atoms with Gasteiger partial charge in [-0.2, -0.15) is 0 Å². The highest BCUT2D eigenvalue weighted by molar-refractivity contribution is 7.15. The van der Waals surface area contributed by atoms with Crippen molar-refractivity contribution < 1.29 is 9.53 Å². The molecule has 4 rings (SSSR count). The van der Waals surface area contributed by atoms with Gasteiger partial charge in [-0.3, -0.25) is 18.9 Å². The second-order valence-electron chi connectivity index (χ2n) is 7.69. The topological polar surface area (TPSA) is 67.2 Å². The number of piperidine rings is 1. The van der Waals surface area contributed by atoms with Crippen LogP contribution in [0, 0.1) is 5.92 Å². The molecule has 27 heavy (non-hydrogen) atoms. The Morgan fingerprint density at radius 2 is 1.96 bits per heavy atom. The number of carbonyl (C=O) groups excluding carboxylic acids is 1. The fraction of sp³-hybridized carbons (Fsp3) is 0.632. The minimum atomic E-state index is -0.0307. The van der Waals surface area contributed by atoms with Crippen molar-refractivity contribution in [2.45, 2.75) is 45.4 Å². The molecule has 2 unspecified atom stereocenters. The molecular weight excluding hydrogens is 364 g/mol. The van der Waals surface area contributed by atoms with Crippen molar-refractivity contribution in [3.8, 4) is 0 Å². The lowest BCUT2D eigenvalue weighted by molar-refractivity contribution is -0.148. The van der Waals surface area contributed by atoms with Gasteiger partial charge in [0.15, 0.2) is 4.96 Å². The van der Waals surface area contributed by atoms with E-state index in [0.29, 0.717) is 19.6 Å². The highest BCUT2D eigenvalue weighted by Gasteiger charge is 2.32. The largest absolute Gasteiger partial charge is 0.372 e. The van der Waals surface area contributed by atoms with E-state index < -0.39 is 0 Å². The van der Waals surface area contributed by atoms with Crippen LogP contribution in [0.1, 0.15) is 32.4 Å². The molecule has 0 aliphatic carbocycles. The van der Waals surface area contributed by atoms with Gasteiger partial charge < -0.3 is 9.64 Å². The zero-order chi connectivity index (χ0) is 19.0. The summed E-state index contributed by atoms with van der Waals surface area (Å²) in [6.45, 7) is 7.82. The Morgan fingerprint density at radius 1 is 1.26 bits per heavy atom. The van der Waals surface area contributed by atoms with E-state index in [-0.39, 0.29) is 29.6 Å². The molecule has 7 nitrogen and oxygen atoms in total. The molecule has 0 radical (unpaired) electrons. The van der Waals surface area contributed by atoms with Gasteiger partial charge >= 0.3 is 0 Å². The summed E-state index contributed by atoms with van der Waals surface area (Å²) in [4.78, 5) is 34.6. The fourth-order valence-corrected chi connectivity index (χ4v) is 4.89. The molecule has 2 aromatic rings. The van der Waals surface area contributed by atoms with Crippen molar-refractivity contribution in [2.75, 3.05) is 26.2 Å². The number of rotatable bonds is 3. The van der Waals surface area contributed by atoms with E-state index in [4.69, 9.17) is 4.74 Å². The zero-order valence-corrected chi connectivity index (χ0v) is 16.7. The first-order valence-electron chi connectivity index (χ1n) is 9.62. The standard InChI is InChI=1S/C19H26N4O3S/c1-13-10-22(11-14(2)26-13)18(25)15-3-5-21(6-4-15)12-16-9-17(24)23-7-8-27-19(23)20-16/h7-9,13-15H,3-6,10-12H2,1-2H3. The number of aromatic nitrogens is 2. The first-order chi connectivity index (χ1) is 13.0. The maximum absolute atomic E-state index is 12.9. The molecule has 1 amide bonds. The molecule has 2 atom stereocenters. The smallest absolute Gasteiger partial charge is 0.258 e. The molecule has 2 aliphatic rings. The second-order valence-corrected chi connectivity index (χ2v) is 8.57. The van der Waals surface area contributed by atoms with Gasteiger partial charge in [0.25, 0.3) is 5.56 Å². The number of fused-ring (bicyclic) bond motifs is 1. The molecular formula is C19H26N4O3S. The third kappa shape index (κ3) is 4.07. The Hall–Kier alpha value is -1.77. The van der Waals surface area contributed by atoms with Crippen LogP contribution in [-0.2, 0) is 16.1 Å². The van der Waals surface area contributed by atoms with Gasteiger partial charge in [-0.1, -0.05) is 0 Å². The quantitative estimate of drug-likeness (QED) is 0.796. The highest BCUT2D eigenvalue weighted by atomic mass is 32.1. The monoisotopic (exact) mass is 390 g/mol. The molecule has 8 heteroatoms. The zero-order valence-electron chi connectivity index (χ0n) is 15.8. The molecule has 0 aromatic carbocycles. The lowest BCUT2D eigenvalue weighted by Gasteiger charge is -2.39. The first kappa shape index (κ1) is 18.6. The Labute approximate surface area is 162 Å². The lowest BCUT2D eigenvalue weighted by Crippen LogP contribution is -2.51. The van der Waals surface area contributed by atoms with Crippen LogP contribution in [0.2, 0.25) is 0 Å². The summed E-state index contributed by atoms with van der Waals surface area (Å²) in [5.41, 5.74) is 0.778. The molecule has 0 bridgehead atoms. The van der Waals surface area contributed by atoms with Crippen LogP contribution in [0.3, 0.4) is 0 Å². The van der Waals surface area contributed by atoms with Crippen LogP contribution in [0.5, 0.6) is 0 Å². The summed E-state index contributed by atoms with van der Waals surface area (Å²) < 4.78 is 7.31. The van der Waals surface area contributed by atoms with Gasteiger partial charge in [0.1, 0.15) is 0 Å². The van der Waals surface area contributed by atoms with Gasteiger partial charge in [-0.15, -0.1) is 11.3 Å². The van der Waals surface area contributed by atoms with E-state index in [1.54, 1.807) is 16.7 Å². The normalized spacial score (nSPS) is 25.2. The van der Waals surface area contributed by atoms with Gasteiger partial charge in [0, 0.05) is 43.2 Å². The predicted octanol–water partition coefficient (Wildman–Crippen LogP) is 1.60. The van der Waals surface area contributed by atoms with Crippen molar-refractivity contribution >= 4 is 22.2 Å². The van der Waals surface area contributed by atoms with Crippen LogP contribution < -0.4 is 5.56 Å². The Bertz CT molecular complexity index is 861. The Morgan fingerprint density at radius 3 is 2.67 bits per heavy atom. The van der Waals surface area contributed by atoms with Crippen LogP contribution in [-0.4, -0.2) is 63.5 Å². The van der Waals surface area contributed by atoms with Crippen LogP contribution in [0.25, 0.3) is 4.96 Å². The summed E-state index contributed by atoms with van der Waals surface area (Å²) in [6.07, 6.45) is 3.69. The molecule has 146 valence electrons. The van der Waals surface area contributed by atoms with Gasteiger partial charge in [-0.05, 0) is 39.8 Å². The van der Waals surface area contributed by atoms with E-state index in [9.17, 15) is 9.59 Å². The van der Waals surface area contributed by atoms with Crippen molar-refractivity contribution in [3.63, 3.8) is 0 Å². The molecule has 4 heterocycles. The van der Waals surface area contributed by atoms with E-state index in [1.165, 1.54) is 11.3 Å². The van der Waals surface area contributed by atoms with E-state index in [2.05, 4.69) is 9.88 Å². The van der Waals surface area contributed by atoms with Crippen molar-refractivity contribution in [1.82, 2.24) is 19.2 Å². The van der Waals surface area contributed by atoms with Gasteiger partial charge in [-0.25, -0.2) is 4.98 Å². The summed E-state index contributed by atoms with van der Waals surface area (Å²) in [5.74, 6) is 0.366. The van der Waals surface area contributed by atoms with Crippen molar-refractivity contribution in [3.05, 3.63) is 33.7 Å². The van der Waals surface area contributed by atoms with Crippen LogP contribution >= 0.6 is 11.3 Å². The van der Waals surface area contributed by atoms with Crippen molar-refractivity contribution in [1.29, 1.82) is 0 Å². The molecule has 2 fully saturated rings. The fourth-order valence-electron chi connectivity index (χ4n) is 4.15. The number of hydrogen-bond acceptors (Lipinski definition) is 6. The predicted molar refractivity (Wildman–Crippen MR) is 104 cm³/mol. The number of carbonyl (C=O) groups is 1. The van der Waals surface area contributed by atoms with Crippen LogP contribution in [0.4, 0.5) is 0 Å².